The van der Waals surface area contributed by atoms with Crippen molar-refractivity contribution in [1.82, 2.24) is 14.9 Å². The van der Waals surface area contributed by atoms with Crippen LogP contribution in [-0.4, -0.2) is 32.7 Å². The summed E-state index contributed by atoms with van der Waals surface area (Å²) in [5.41, 5.74) is 6.38. The number of hydrogen-bond donors (Lipinski definition) is 3. The summed E-state index contributed by atoms with van der Waals surface area (Å²) >= 11 is 0. The van der Waals surface area contributed by atoms with E-state index in [1.54, 1.807) is 12.1 Å². The van der Waals surface area contributed by atoms with Crippen molar-refractivity contribution >= 4 is 28.7 Å². The van der Waals surface area contributed by atoms with Crippen molar-refractivity contribution in [3.8, 4) is 16.8 Å². The Labute approximate surface area is 229 Å². The van der Waals surface area contributed by atoms with Gasteiger partial charge in [-0.1, -0.05) is 56.9 Å². The van der Waals surface area contributed by atoms with Crippen molar-refractivity contribution < 1.29 is 14.7 Å². The van der Waals surface area contributed by atoms with Crippen LogP contribution in [0.1, 0.15) is 73.6 Å². The molecule has 39 heavy (non-hydrogen) atoms. The summed E-state index contributed by atoms with van der Waals surface area (Å²) in [4.78, 5) is 29.4. The molecule has 7 nitrogen and oxygen atoms in total. The number of hydrogen-bond acceptors (Lipinski definition) is 3. The molecule has 0 saturated heterocycles. The van der Waals surface area contributed by atoms with Crippen molar-refractivity contribution in [2.75, 3.05) is 5.32 Å². The number of aromatic nitrogens is 2. The van der Waals surface area contributed by atoms with Crippen molar-refractivity contribution in [2.24, 2.45) is 0 Å². The first kappa shape index (κ1) is 26.5. The van der Waals surface area contributed by atoms with Crippen LogP contribution in [0.15, 0.2) is 60.7 Å². The molecule has 7 heteroatoms. The molecule has 4 aromatic rings. The lowest BCUT2D eigenvalue weighted by atomic mass is 9.95. The van der Waals surface area contributed by atoms with Gasteiger partial charge < -0.3 is 15.7 Å². The fraction of sp³-hybridized carbons (Fsp3) is 0.344. The van der Waals surface area contributed by atoms with E-state index in [1.807, 2.05) is 49.4 Å². The highest BCUT2D eigenvalue weighted by molar-refractivity contribution is 5.96. The number of carbonyl (C=O) groups is 2. The maximum absolute atomic E-state index is 12.6. The second-order valence-corrected chi connectivity index (χ2v) is 10.5. The SMILES string of the molecule is CCCCc1nc2cc(NC(=O)NC3CCCCC3)ccc2n1-c1ccc(-c2ccccc2C(=O)O)c(C)c1. The van der Waals surface area contributed by atoms with E-state index in [0.29, 0.717) is 5.56 Å². The fourth-order valence-corrected chi connectivity index (χ4v) is 5.59. The number of rotatable bonds is 8. The predicted molar refractivity (Wildman–Crippen MR) is 156 cm³/mol. The first-order chi connectivity index (χ1) is 18.9. The first-order valence-electron chi connectivity index (χ1n) is 14.0. The molecular formula is C32H36N4O3. The van der Waals surface area contributed by atoms with Gasteiger partial charge in [0.05, 0.1) is 16.6 Å². The molecule has 1 aromatic heterocycles. The number of nitrogens with one attached hydrogen (secondary N) is 2. The number of imidazole rings is 1. The van der Waals surface area contributed by atoms with Crippen LogP contribution < -0.4 is 10.6 Å². The zero-order valence-electron chi connectivity index (χ0n) is 22.7. The third-order valence-electron chi connectivity index (χ3n) is 7.59. The van der Waals surface area contributed by atoms with E-state index in [0.717, 1.165) is 71.5 Å². The highest BCUT2D eigenvalue weighted by Gasteiger charge is 2.18. The smallest absolute Gasteiger partial charge is 0.336 e. The molecule has 5 rings (SSSR count). The van der Waals surface area contributed by atoms with Gasteiger partial charge in [-0.25, -0.2) is 14.6 Å². The Morgan fingerprint density at radius 2 is 1.79 bits per heavy atom. The minimum atomic E-state index is -0.937. The first-order valence-corrected chi connectivity index (χ1v) is 14.0. The molecule has 1 aliphatic rings. The number of nitrogens with zero attached hydrogens (tertiary/aromatic N) is 2. The average molecular weight is 525 g/mol. The summed E-state index contributed by atoms with van der Waals surface area (Å²) in [6.07, 6.45) is 8.57. The molecule has 0 spiro atoms. The molecule has 3 N–H and O–H groups in total. The molecule has 0 bridgehead atoms. The molecule has 202 valence electrons. The maximum Gasteiger partial charge on any atom is 0.336 e. The molecule has 1 heterocycles. The van der Waals surface area contributed by atoms with Crippen molar-refractivity contribution in [1.29, 1.82) is 0 Å². The number of fused-ring (bicyclic) bond motifs is 1. The zero-order chi connectivity index (χ0) is 27.4. The van der Waals surface area contributed by atoms with Crippen molar-refractivity contribution in [2.45, 2.75) is 71.3 Å². The van der Waals surface area contributed by atoms with Gasteiger partial charge in [0.1, 0.15) is 5.82 Å². The van der Waals surface area contributed by atoms with Crippen LogP contribution in [0.25, 0.3) is 27.8 Å². The summed E-state index contributed by atoms with van der Waals surface area (Å²) in [5.74, 6) is 0.0297. The highest BCUT2D eigenvalue weighted by atomic mass is 16.4. The number of aromatic carboxylic acids is 1. The molecule has 1 aliphatic carbocycles. The van der Waals surface area contributed by atoms with Crippen molar-refractivity contribution in [3.05, 3.63) is 77.6 Å². The quantitative estimate of drug-likeness (QED) is 0.222. The van der Waals surface area contributed by atoms with Gasteiger partial charge in [-0.15, -0.1) is 0 Å². The van der Waals surface area contributed by atoms with Gasteiger partial charge in [0, 0.05) is 23.8 Å². The zero-order valence-corrected chi connectivity index (χ0v) is 22.7. The largest absolute Gasteiger partial charge is 0.478 e. The summed E-state index contributed by atoms with van der Waals surface area (Å²) in [6, 6.07) is 19.2. The monoisotopic (exact) mass is 524 g/mol. The van der Waals surface area contributed by atoms with Gasteiger partial charge in [-0.3, -0.25) is 4.57 Å². The van der Waals surface area contributed by atoms with E-state index in [4.69, 9.17) is 4.98 Å². The van der Waals surface area contributed by atoms with E-state index < -0.39 is 5.97 Å². The average Bonchev–Trinajstić information content (AvgIpc) is 3.29. The number of benzene rings is 3. The number of aryl methyl sites for hydroxylation is 2. The summed E-state index contributed by atoms with van der Waals surface area (Å²) in [5, 5.41) is 15.8. The summed E-state index contributed by atoms with van der Waals surface area (Å²) in [6.45, 7) is 4.17. The Morgan fingerprint density at radius 3 is 2.54 bits per heavy atom. The van der Waals surface area contributed by atoms with Crippen LogP contribution in [0, 0.1) is 6.92 Å². The van der Waals surface area contributed by atoms with Crippen LogP contribution in [0.4, 0.5) is 10.5 Å². The lowest BCUT2D eigenvalue weighted by molar-refractivity contribution is 0.0697. The van der Waals surface area contributed by atoms with Gasteiger partial charge in [-0.2, -0.15) is 0 Å². The highest BCUT2D eigenvalue weighted by Crippen LogP contribution is 2.31. The predicted octanol–water partition coefficient (Wildman–Crippen LogP) is 7.50. The number of carboxylic acid groups (broad SMARTS) is 1. The topological polar surface area (TPSA) is 96.3 Å². The Kier molecular flexibility index (Phi) is 7.96. The number of anilines is 1. The molecule has 1 saturated carbocycles. The Morgan fingerprint density at radius 1 is 1.00 bits per heavy atom. The van der Waals surface area contributed by atoms with E-state index in [1.165, 1.54) is 19.3 Å². The second-order valence-electron chi connectivity index (χ2n) is 10.5. The van der Waals surface area contributed by atoms with Crippen LogP contribution in [0.2, 0.25) is 0 Å². The molecule has 0 atom stereocenters. The third kappa shape index (κ3) is 5.82. The van der Waals surface area contributed by atoms with Gasteiger partial charge in [0.15, 0.2) is 0 Å². The Bertz CT molecular complexity index is 1500. The van der Waals surface area contributed by atoms with Crippen LogP contribution >= 0.6 is 0 Å². The van der Waals surface area contributed by atoms with Gasteiger partial charge in [0.2, 0.25) is 0 Å². The number of unbranched alkanes of at least 4 members (excludes halogenated alkanes) is 1. The number of carbonyl (C=O) groups excluding carboxylic acids is 1. The van der Waals surface area contributed by atoms with Crippen LogP contribution in [0.3, 0.4) is 0 Å². The lowest BCUT2D eigenvalue weighted by Crippen LogP contribution is -2.38. The number of amides is 2. The standard InChI is InChI=1S/C32H36N4O3/c1-3-4-14-30-35-28-20-23(34-32(39)33-22-10-6-5-7-11-22)15-18-29(28)36(30)24-16-17-25(21(2)19-24)26-12-8-9-13-27(26)31(37)38/h8-9,12-13,15-20,22H,3-7,10-11,14H2,1-2H3,(H,37,38)(H2,33,34,39). The maximum atomic E-state index is 12.6. The van der Waals surface area contributed by atoms with Crippen molar-refractivity contribution in [3.63, 3.8) is 0 Å². The molecule has 2 amide bonds. The Hall–Kier alpha value is -4.13. The minimum Gasteiger partial charge on any atom is -0.478 e. The molecule has 0 radical (unpaired) electrons. The van der Waals surface area contributed by atoms with Gasteiger partial charge >= 0.3 is 12.0 Å². The van der Waals surface area contributed by atoms with E-state index in [9.17, 15) is 14.7 Å². The number of carboxylic acids is 1. The van der Waals surface area contributed by atoms with E-state index in [2.05, 4.69) is 28.2 Å². The summed E-state index contributed by atoms with van der Waals surface area (Å²) < 4.78 is 2.18. The van der Waals surface area contributed by atoms with E-state index in [-0.39, 0.29) is 17.6 Å². The normalized spacial score (nSPS) is 13.9. The van der Waals surface area contributed by atoms with Gasteiger partial charge in [0.25, 0.3) is 0 Å². The molecule has 0 aliphatic heterocycles. The third-order valence-corrected chi connectivity index (χ3v) is 7.59. The lowest BCUT2D eigenvalue weighted by Gasteiger charge is -2.22. The molecule has 1 fully saturated rings. The fourth-order valence-electron chi connectivity index (χ4n) is 5.59. The van der Waals surface area contributed by atoms with Crippen LogP contribution in [-0.2, 0) is 6.42 Å². The molecule has 0 unspecified atom stereocenters. The van der Waals surface area contributed by atoms with E-state index >= 15 is 0 Å². The van der Waals surface area contributed by atoms with Gasteiger partial charge in [-0.05, 0) is 79.3 Å². The molecule has 3 aromatic carbocycles. The minimum absolute atomic E-state index is 0.167. The van der Waals surface area contributed by atoms with Crippen LogP contribution in [0.5, 0.6) is 0 Å². The second kappa shape index (κ2) is 11.7. The molecular weight excluding hydrogens is 488 g/mol. The number of urea groups is 1. The Balaban J connectivity index is 1.47. The summed E-state index contributed by atoms with van der Waals surface area (Å²) in [7, 11) is 0.